The molecule has 1 unspecified atom stereocenters. The fourth-order valence-corrected chi connectivity index (χ4v) is 1.43. The lowest BCUT2D eigenvalue weighted by Crippen LogP contribution is -2.24. The lowest BCUT2D eigenvalue weighted by atomic mass is 9.99. The van der Waals surface area contributed by atoms with Crippen LogP contribution in [0.4, 0.5) is 0 Å². The number of carbonyl (C=O) groups excluding carboxylic acids is 4. The van der Waals surface area contributed by atoms with Gasteiger partial charge in [0.25, 0.3) is 0 Å². The number of rotatable bonds is 9. The van der Waals surface area contributed by atoms with Crippen molar-refractivity contribution in [3.8, 4) is 0 Å². The molecule has 0 aromatic heterocycles. The topological polar surface area (TPSA) is 86.7 Å². The van der Waals surface area contributed by atoms with Gasteiger partial charge in [0.2, 0.25) is 0 Å². The minimum absolute atomic E-state index is 0.103. The van der Waals surface area contributed by atoms with E-state index in [9.17, 15) is 19.2 Å². The summed E-state index contributed by atoms with van der Waals surface area (Å²) in [5.74, 6) is -1.77. The second-order valence-corrected chi connectivity index (χ2v) is 4.47. The standard InChI is InChI=1S/C10H16O3.C6H10O3/c1-4-6-7-9(8(3)11)10(12)13-5-2;1-3-9-6(8)4-5(2)7/h4,9H,1,5-7H2,2-3H3;3-4H2,1-2H3. The Balaban J connectivity index is 0. The number of hydrogen-bond donors (Lipinski definition) is 0. The molecule has 0 aliphatic rings. The molecule has 0 aromatic rings. The van der Waals surface area contributed by atoms with Crippen LogP contribution in [0, 0.1) is 5.92 Å². The molecular formula is C16H26O6. The average molecular weight is 314 g/mol. The van der Waals surface area contributed by atoms with E-state index in [2.05, 4.69) is 11.3 Å². The first-order valence-corrected chi connectivity index (χ1v) is 7.23. The van der Waals surface area contributed by atoms with Crippen LogP contribution in [0.1, 0.15) is 47.0 Å². The molecule has 0 radical (unpaired) electrons. The molecule has 0 saturated heterocycles. The monoisotopic (exact) mass is 314 g/mol. The summed E-state index contributed by atoms with van der Waals surface area (Å²) in [5.41, 5.74) is 0. The third-order valence-corrected chi connectivity index (χ3v) is 2.42. The zero-order chi connectivity index (χ0) is 17.5. The van der Waals surface area contributed by atoms with Crippen LogP contribution in [0.3, 0.4) is 0 Å². The Morgan fingerprint density at radius 2 is 1.59 bits per heavy atom. The number of allylic oxidation sites excluding steroid dienone is 1. The van der Waals surface area contributed by atoms with Crippen LogP contribution in [-0.4, -0.2) is 36.7 Å². The van der Waals surface area contributed by atoms with Gasteiger partial charge in [-0.05, 0) is 40.5 Å². The molecule has 0 N–H and O–H groups in total. The van der Waals surface area contributed by atoms with Crippen molar-refractivity contribution in [1.82, 2.24) is 0 Å². The maximum atomic E-state index is 11.2. The molecule has 0 heterocycles. The molecule has 0 fully saturated rings. The predicted octanol–water partition coefficient (Wildman–Crippen LogP) is 2.25. The van der Waals surface area contributed by atoms with Gasteiger partial charge >= 0.3 is 11.9 Å². The molecule has 1 atom stereocenters. The second kappa shape index (κ2) is 14.0. The Morgan fingerprint density at radius 1 is 1.05 bits per heavy atom. The van der Waals surface area contributed by atoms with E-state index in [0.717, 1.165) is 0 Å². The summed E-state index contributed by atoms with van der Waals surface area (Å²) in [6.45, 7) is 10.4. The van der Waals surface area contributed by atoms with Gasteiger partial charge in [0.1, 0.15) is 23.9 Å². The zero-order valence-electron chi connectivity index (χ0n) is 13.8. The molecule has 0 saturated carbocycles. The molecule has 6 nitrogen and oxygen atoms in total. The Labute approximate surface area is 131 Å². The van der Waals surface area contributed by atoms with Crippen LogP contribution < -0.4 is 0 Å². The fraction of sp³-hybridized carbons (Fsp3) is 0.625. The summed E-state index contributed by atoms with van der Waals surface area (Å²) < 4.78 is 9.26. The van der Waals surface area contributed by atoms with Gasteiger partial charge in [0, 0.05) is 0 Å². The molecule has 0 aliphatic carbocycles. The van der Waals surface area contributed by atoms with Crippen LogP contribution in [0.5, 0.6) is 0 Å². The maximum Gasteiger partial charge on any atom is 0.316 e. The van der Waals surface area contributed by atoms with Crippen molar-refractivity contribution in [2.75, 3.05) is 13.2 Å². The van der Waals surface area contributed by atoms with E-state index in [1.165, 1.54) is 13.8 Å². The molecule has 0 bridgehead atoms. The van der Waals surface area contributed by atoms with Crippen molar-refractivity contribution in [2.24, 2.45) is 5.92 Å². The van der Waals surface area contributed by atoms with Crippen LogP contribution >= 0.6 is 0 Å². The number of esters is 2. The normalized spacial score (nSPS) is 10.5. The highest BCUT2D eigenvalue weighted by molar-refractivity contribution is 5.97. The summed E-state index contributed by atoms with van der Waals surface area (Å²) in [6.07, 6.45) is 2.74. The molecule has 0 amide bonds. The van der Waals surface area contributed by atoms with Gasteiger partial charge in [0.15, 0.2) is 0 Å². The molecule has 6 heteroatoms. The number of carbonyl (C=O) groups is 4. The van der Waals surface area contributed by atoms with E-state index < -0.39 is 17.9 Å². The van der Waals surface area contributed by atoms with E-state index in [1.807, 2.05) is 0 Å². The average Bonchev–Trinajstić information content (AvgIpc) is 2.39. The first-order valence-electron chi connectivity index (χ1n) is 7.23. The molecule has 0 spiro atoms. The third-order valence-electron chi connectivity index (χ3n) is 2.42. The maximum absolute atomic E-state index is 11.2. The van der Waals surface area contributed by atoms with Gasteiger partial charge in [-0.25, -0.2) is 0 Å². The lowest BCUT2D eigenvalue weighted by molar-refractivity contribution is -0.151. The first-order chi connectivity index (χ1) is 10.3. The predicted molar refractivity (Wildman–Crippen MR) is 82.2 cm³/mol. The van der Waals surface area contributed by atoms with Gasteiger partial charge in [-0.15, -0.1) is 6.58 Å². The summed E-state index contributed by atoms with van der Waals surface area (Å²) in [4.78, 5) is 42.9. The van der Waals surface area contributed by atoms with Gasteiger partial charge in [0.05, 0.1) is 13.2 Å². The largest absolute Gasteiger partial charge is 0.466 e. The van der Waals surface area contributed by atoms with Crippen molar-refractivity contribution < 1.29 is 28.7 Å². The third kappa shape index (κ3) is 13.0. The summed E-state index contributed by atoms with van der Waals surface area (Å²) >= 11 is 0. The SMILES string of the molecule is C=CCCC(C(C)=O)C(=O)OCC.CCOC(=O)CC(C)=O. The fourth-order valence-electron chi connectivity index (χ4n) is 1.43. The van der Waals surface area contributed by atoms with E-state index in [0.29, 0.717) is 26.1 Å². The van der Waals surface area contributed by atoms with E-state index in [-0.39, 0.29) is 18.0 Å². The minimum Gasteiger partial charge on any atom is -0.466 e. The molecule has 0 rings (SSSR count). The van der Waals surface area contributed by atoms with Crippen LogP contribution in [0.15, 0.2) is 12.7 Å². The van der Waals surface area contributed by atoms with Gasteiger partial charge in [-0.3, -0.25) is 19.2 Å². The molecule has 0 aliphatic heterocycles. The number of ether oxygens (including phenoxy) is 2. The van der Waals surface area contributed by atoms with Crippen molar-refractivity contribution in [2.45, 2.75) is 47.0 Å². The highest BCUT2D eigenvalue weighted by Gasteiger charge is 2.23. The Hall–Kier alpha value is -1.98. The quantitative estimate of drug-likeness (QED) is 0.368. The smallest absolute Gasteiger partial charge is 0.316 e. The van der Waals surface area contributed by atoms with Crippen molar-refractivity contribution in [1.29, 1.82) is 0 Å². The summed E-state index contributed by atoms with van der Waals surface area (Å²) in [6, 6.07) is 0. The Kier molecular flexibility index (Phi) is 14.2. The summed E-state index contributed by atoms with van der Waals surface area (Å²) in [5, 5.41) is 0. The van der Waals surface area contributed by atoms with E-state index >= 15 is 0 Å². The van der Waals surface area contributed by atoms with Crippen LogP contribution in [0.25, 0.3) is 0 Å². The zero-order valence-corrected chi connectivity index (χ0v) is 13.8. The van der Waals surface area contributed by atoms with Crippen molar-refractivity contribution in [3.05, 3.63) is 12.7 Å². The number of ketones is 2. The Bertz CT molecular complexity index is 386. The second-order valence-electron chi connectivity index (χ2n) is 4.47. The molecule has 0 aromatic carbocycles. The number of Topliss-reactive ketones (excluding diaryl/α,β-unsaturated/α-hetero) is 2. The lowest BCUT2D eigenvalue weighted by Gasteiger charge is -2.10. The molecule has 126 valence electrons. The minimum atomic E-state index is -0.613. The summed E-state index contributed by atoms with van der Waals surface area (Å²) in [7, 11) is 0. The van der Waals surface area contributed by atoms with Crippen molar-refractivity contribution in [3.63, 3.8) is 0 Å². The van der Waals surface area contributed by atoms with E-state index in [1.54, 1.807) is 19.9 Å². The van der Waals surface area contributed by atoms with Gasteiger partial charge < -0.3 is 9.47 Å². The molecule has 22 heavy (non-hydrogen) atoms. The van der Waals surface area contributed by atoms with Gasteiger partial charge in [-0.1, -0.05) is 6.08 Å². The number of hydrogen-bond acceptors (Lipinski definition) is 6. The van der Waals surface area contributed by atoms with Crippen molar-refractivity contribution >= 4 is 23.5 Å². The first kappa shape index (κ1) is 22.3. The highest BCUT2D eigenvalue weighted by atomic mass is 16.5. The van der Waals surface area contributed by atoms with E-state index in [4.69, 9.17) is 4.74 Å². The van der Waals surface area contributed by atoms with Crippen LogP contribution in [0.2, 0.25) is 0 Å². The molecular weight excluding hydrogens is 288 g/mol. The van der Waals surface area contributed by atoms with Crippen LogP contribution in [-0.2, 0) is 28.7 Å². The Morgan fingerprint density at radius 3 is 1.95 bits per heavy atom. The van der Waals surface area contributed by atoms with Gasteiger partial charge in [-0.2, -0.15) is 0 Å². The highest BCUT2D eigenvalue weighted by Crippen LogP contribution is 2.10.